The molecular formula is C28H31BClNO5S. The fraction of sp³-hybridized carbons (Fsp3) is 0.429. The third kappa shape index (κ3) is 5.17. The number of phenols is 1. The predicted molar refractivity (Wildman–Crippen MR) is 146 cm³/mol. The second-order valence-electron chi connectivity index (χ2n) is 10.2. The molecule has 3 aliphatic rings. The molecule has 0 radical (unpaired) electrons. The number of aromatic hydroxyl groups is 1. The molecule has 2 fully saturated rings. The first-order valence-corrected chi connectivity index (χ1v) is 14.1. The highest BCUT2D eigenvalue weighted by Crippen LogP contribution is 2.51. The lowest BCUT2D eigenvalue weighted by Crippen LogP contribution is -2.46. The van der Waals surface area contributed by atoms with Gasteiger partial charge in [0, 0.05) is 4.88 Å². The second-order valence-corrected chi connectivity index (χ2v) is 11.7. The van der Waals surface area contributed by atoms with E-state index in [1.165, 1.54) is 16.5 Å². The molecule has 2 saturated heterocycles. The van der Waals surface area contributed by atoms with Gasteiger partial charge in [-0.2, -0.15) is 0 Å². The van der Waals surface area contributed by atoms with Crippen LogP contribution >= 0.6 is 22.9 Å². The van der Waals surface area contributed by atoms with Crippen LogP contribution in [0.3, 0.4) is 0 Å². The van der Waals surface area contributed by atoms with E-state index in [1.807, 2.05) is 30.5 Å². The first-order valence-electron chi connectivity index (χ1n) is 12.9. The monoisotopic (exact) mass is 539 g/mol. The molecule has 0 saturated carbocycles. The summed E-state index contributed by atoms with van der Waals surface area (Å²) in [6, 6.07) is 8.78. The maximum atomic E-state index is 13.6. The number of benzene rings is 1. The Morgan fingerprint density at radius 3 is 2.78 bits per heavy atom. The van der Waals surface area contributed by atoms with E-state index in [4.69, 9.17) is 16.3 Å². The van der Waals surface area contributed by atoms with E-state index in [-0.39, 0.29) is 35.5 Å². The second kappa shape index (κ2) is 10.8. The summed E-state index contributed by atoms with van der Waals surface area (Å²) in [7, 11) is -0.972. The Morgan fingerprint density at radius 2 is 2.08 bits per heavy atom. The Morgan fingerprint density at radius 1 is 1.27 bits per heavy atom. The summed E-state index contributed by atoms with van der Waals surface area (Å²) < 4.78 is 6.05. The molecule has 9 heteroatoms. The number of rotatable bonds is 7. The number of carbonyl (C=O) groups is 2. The topological polar surface area (TPSA) is 87.1 Å². The van der Waals surface area contributed by atoms with Gasteiger partial charge in [0.05, 0.1) is 29.5 Å². The zero-order valence-electron chi connectivity index (χ0n) is 21.0. The predicted octanol–water partition coefficient (Wildman–Crippen LogP) is 5.70. The average molecular weight is 540 g/mol. The normalized spacial score (nSPS) is 26.1. The van der Waals surface area contributed by atoms with Gasteiger partial charge >= 0.3 is 7.12 Å². The minimum Gasteiger partial charge on any atom is -0.508 e. The highest BCUT2D eigenvalue weighted by atomic mass is 35.5. The van der Waals surface area contributed by atoms with Crippen LogP contribution in [0.5, 0.6) is 5.75 Å². The first-order chi connectivity index (χ1) is 17.8. The van der Waals surface area contributed by atoms with Gasteiger partial charge in [0.15, 0.2) is 0 Å². The quantitative estimate of drug-likeness (QED) is 0.268. The van der Waals surface area contributed by atoms with Gasteiger partial charge in [0.2, 0.25) is 11.8 Å². The third-order valence-electron chi connectivity index (χ3n) is 7.91. The average Bonchev–Trinajstić information content (AvgIpc) is 3.46. The molecular weight excluding hydrogens is 509 g/mol. The van der Waals surface area contributed by atoms with Gasteiger partial charge in [-0.3, -0.25) is 14.5 Å². The number of hydrogen-bond donors (Lipinski definition) is 2. The lowest BCUT2D eigenvalue weighted by atomic mass is 9.58. The zero-order valence-corrected chi connectivity index (χ0v) is 22.6. The number of halogens is 1. The summed E-state index contributed by atoms with van der Waals surface area (Å²) in [6.45, 7) is 4.43. The van der Waals surface area contributed by atoms with Crippen LogP contribution in [-0.4, -0.2) is 40.1 Å². The van der Waals surface area contributed by atoms with Crippen LogP contribution in [0.1, 0.15) is 50.0 Å². The molecule has 5 rings (SSSR count). The van der Waals surface area contributed by atoms with Crippen molar-refractivity contribution < 1.29 is 24.4 Å². The Labute approximate surface area is 226 Å². The zero-order chi connectivity index (χ0) is 26.3. The van der Waals surface area contributed by atoms with Crippen LogP contribution in [0.25, 0.3) is 6.08 Å². The van der Waals surface area contributed by atoms with Gasteiger partial charge in [-0.1, -0.05) is 41.8 Å². The van der Waals surface area contributed by atoms with Gasteiger partial charge in [-0.25, -0.2) is 0 Å². The van der Waals surface area contributed by atoms with Gasteiger partial charge in [-0.05, 0) is 85.6 Å². The van der Waals surface area contributed by atoms with Gasteiger partial charge in [0.25, 0.3) is 0 Å². The van der Waals surface area contributed by atoms with Gasteiger partial charge < -0.3 is 14.8 Å². The number of nitrogens with zero attached hydrogens (tertiary/aromatic N) is 1. The number of hydrogen-bond acceptors (Lipinski definition) is 6. The summed E-state index contributed by atoms with van der Waals surface area (Å²) in [4.78, 5) is 29.4. The largest absolute Gasteiger partial charge is 0.508 e. The number of imide groups is 1. The van der Waals surface area contributed by atoms with Crippen LogP contribution in [-0.2, 0) is 20.8 Å². The van der Waals surface area contributed by atoms with Crippen LogP contribution in [0, 0.1) is 17.8 Å². The van der Waals surface area contributed by atoms with Crippen molar-refractivity contribution in [2.75, 3.05) is 0 Å². The molecule has 1 aromatic heterocycles. The van der Waals surface area contributed by atoms with Gasteiger partial charge in [0.1, 0.15) is 5.75 Å². The molecule has 1 aliphatic carbocycles. The number of amides is 2. The van der Waals surface area contributed by atoms with E-state index in [9.17, 15) is 19.7 Å². The molecule has 0 spiro atoms. The summed E-state index contributed by atoms with van der Waals surface area (Å²) in [6.07, 6.45) is 4.75. The van der Waals surface area contributed by atoms with E-state index in [1.54, 1.807) is 23.5 Å². The van der Waals surface area contributed by atoms with E-state index in [0.29, 0.717) is 37.2 Å². The number of thiophene rings is 1. The van der Waals surface area contributed by atoms with Crippen LogP contribution in [0.4, 0.5) is 0 Å². The van der Waals surface area contributed by atoms with Crippen molar-refractivity contribution in [3.63, 3.8) is 0 Å². The SMILES string of the molecule is CCC1=C2[C@@H](CC/C(C)=C/c3ccc(O)cc3Cl)OB(O)C[C@@H]2[C@@H]2C(=O)N(Cc3cccs3)C(=O)[C@@H]2C1. The van der Waals surface area contributed by atoms with E-state index in [2.05, 4.69) is 6.92 Å². The minimum absolute atomic E-state index is 0.0875. The standard InChI is InChI=1S/C28H31BClNO5S/c1-3-17-12-21-26(28(34)31(27(21)33)15-20-5-4-10-37-20)22-14-29(35)36-24(25(17)22)9-6-16(2)11-18-7-8-19(32)13-23(18)30/h4-5,7-8,10-11,13,21-22,24,26,32,35H,3,6,9,12,14-15H2,1-2H3/b16-11+/t21-,22+,24-,26-/m1/s1. The Bertz CT molecular complexity index is 1260. The van der Waals surface area contributed by atoms with Crippen LogP contribution < -0.4 is 0 Å². The molecule has 3 heterocycles. The number of carbonyl (C=O) groups excluding carboxylic acids is 2. The summed E-state index contributed by atoms with van der Waals surface area (Å²) >= 11 is 7.82. The van der Waals surface area contributed by atoms with Crippen molar-refractivity contribution in [3.8, 4) is 5.75 Å². The smallest absolute Gasteiger partial charge is 0.455 e. The van der Waals surface area contributed by atoms with E-state index < -0.39 is 13.0 Å². The first kappa shape index (κ1) is 26.2. The summed E-state index contributed by atoms with van der Waals surface area (Å²) in [5.41, 5.74) is 4.22. The molecule has 0 unspecified atom stereocenters. The molecule has 6 nitrogen and oxygen atoms in total. The molecule has 4 atom stereocenters. The molecule has 37 heavy (non-hydrogen) atoms. The number of allylic oxidation sites excluding steroid dienone is 2. The summed E-state index contributed by atoms with van der Waals surface area (Å²) in [5.74, 6) is -1.07. The lowest BCUT2D eigenvalue weighted by Gasteiger charge is -2.43. The maximum absolute atomic E-state index is 13.6. The molecule has 2 aliphatic heterocycles. The number of phenolic OH excluding ortho intramolecular Hbond substituents is 1. The molecule has 194 valence electrons. The fourth-order valence-electron chi connectivity index (χ4n) is 6.21. The molecule has 1 aromatic carbocycles. The van der Waals surface area contributed by atoms with Crippen molar-refractivity contribution in [2.24, 2.45) is 17.8 Å². The Kier molecular flexibility index (Phi) is 7.64. The van der Waals surface area contributed by atoms with Crippen LogP contribution in [0.2, 0.25) is 11.3 Å². The Balaban J connectivity index is 1.37. The van der Waals surface area contributed by atoms with Crippen molar-refractivity contribution in [2.45, 2.75) is 58.5 Å². The fourth-order valence-corrected chi connectivity index (χ4v) is 7.13. The third-order valence-corrected chi connectivity index (χ3v) is 9.10. The molecule has 2 amide bonds. The highest BCUT2D eigenvalue weighted by Gasteiger charge is 2.57. The van der Waals surface area contributed by atoms with Crippen molar-refractivity contribution in [1.82, 2.24) is 4.90 Å². The van der Waals surface area contributed by atoms with Crippen molar-refractivity contribution >= 4 is 47.9 Å². The van der Waals surface area contributed by atoms with E-state index in [0.717, 1.165) is 28.0 Å². The van der Waals surface area contributed by atoms with Crippen molar-refractivity contribution in [3.05, 3.63) is 67.9 Å². The number of likely N-dealkylation sites (tertiary alicyclic amines) is 1. The molecule has 2 N–H and O–H groups in total. The maximum Gasteiger partial charge on any atom is 0.455 e. The number of fused-ring (bicyclic) bond motifs is 3. The lowest BCUT2D eigenvalue weighted by molar-refractivity contribution is -0.140. The Hall–Kier alpha value is -2.39. The highest BCUT2D eigenvalue weighted by molar-refractivity contribution is 7.09. The summed E-state index contributed by atoms with van der Waals surface area (Å²) in [5, 5.41) is 22.7. The van der Waals surface area contributed by atoms with Crippen molar-refractivity contribution in [1.29, 1.82) is 0 Å². The van der Waals surface area contributed by atoms with E-state index >= 15 is 0 Å². The minimum atomic E-state index is -0.972. The van der Waals surface area contributed by atoms with Gasteiger partial charge in [-0.15, -0.1) is 11.3 Å². The molecule has 0 bridgehead atoms. The van der Waals surface area contributed by atoms with Crippen LogP contribution in [0.15, 0.2) is 52.4 Å². The molecule has 2 aromatic rings.